The molecule has 11 heteroatoms. The molecule has 9 nitrogen and oxygen atoms in total. The number of nitrogens with zero attached hydrogens (tertiary/aromatic N) is 1. The van der Waals surface area contributed by atoms with Crippen LogP contribution in [-0.2, 0) is 19.1 Å². The van der Waals surface area contributed by atoms with E-state index in [0.717, 1.165) is 0 Å². The minimum atomic E-state index is -1.11. The molecular formula is C28H28F2N2O7. The number of hydrogen-bond donors (Lipinski definition) is 1. The van der Waals surface area contributed by atoms with E-state index < -0.39 is 54.3 Å². The van der Waals surface area contributed by atoms with Gasteiger partial charge in [0, 0.05) is 25.1 Å². The number of carbonyl (C=O) groups is 3. The van der Waals surface area contributed by atoms with E-state index in [4.69, 9.17) is 18.9 Å². The number of pyridine rings is 1. The maximum Gasteiger partial charge on any atom is 0.328 e. The molecule has 39 heavy (non-hydrogen) atoms. The fourth-order valence-corrected chi connectivity index (χ4v) is 3.82. The minimum absolute atomic E-state index is 0.0830. The van der Waals surface area contributed by atoms with Crippen LogP contribution in [-0.4, -0.2) is 48.9 Å². The Morgan fingerprint density at radius 1 is 0.923 bits per heavy atom. The van der Waals surface area contributed by atoms with Gasteiger partial charge in [-0.05, 0) is 49.2 Å². The molecule has 1 amide bonds. The molecule has 0 saturated heterocycles. The zero-order chi connectivity index (χ0) is 28.5. The number of carbonyl (C=O) groups excluding carboxylic acids is 3. The average Bonchev–Trinajstić information content (AvgIpc) is 2.90. The van der Waals surface area contributed by atoms with Crippen molar-refractivity contribution < 1.29 is 42.1 Å². The minimum Gasteiger partial charge on any atom is -0.493 e. The van der Waals surface area contributed by atoms with Gasteiger partial charge in [-0.15, -0.1) is 0 Å². The topological polar surface area (TPSA) is 113 Å². The second kappa shape index (κ2) is 13.3. The van der Waals surface area contributed by atoms with Crippen LogP contribution in [0, 0.1) is 11.6 Å². The Morgan fingerprint density at radius 2 is 1.49 bits per heavy atom. The second-order valence-corrected chi connectivity index (χ2v) is 8.51. The van der Waals surface area contributed by atoms with Crippen LogP contribution in [0.25, 0.3) is 0 Å². The largest absolute Gasteiger partial charge is 0.493 e. The van der Waals surface area contributed by atoms with Crippen molar-refractivity contribution in [1.82, 2.24) is 10.3 Å². The molecule has 0 fully saturated rings. The van der Waals surface area contributed by atoms with Crippen LogP contribution in [0.15, 0.2) is 60.8 Å². The Labute approximate surface area is 224 Å². The number of amides is 1. The molecule has 3 aromatic rings. The quantitative estimate of drug-likeness (QED) is 0.284. The standard InChI is InChI=1S/C28H28F2N2O7/c1-16(32-27(34)25-26(38-15-37-18(3)33)23(36-4)13-14-31-25)28(35)39-17(2)24(19-5-9-21(29)10-6-19)20-7-11-22(30)12-8-20/h5-14,16-17,24H,15H2,1-4H3,(H,32,34)/t16?,17-/m0/s1. The number of hydrogen-bond acceptors (Lipinski definition) is 8. The lowest BCUT2D eigenvalue weighted by molar-refractivity contribution is -0.151. The van der Waals surface area contributed by atoms with Crippen molar-refractivity contribution in [3.63, 3.8) is 0 Å². The van der Waals surface area contributed by atoms with Gasteiger partial charge in [-0.2, -0.15) is 0 Å². The van der Waals surface area contributed by atoms with Gasteiger partial charge in [0.15, 0.2) is 17.2 Å². The van der Waals surface area contributed by atoms with Crippen LogP contribution in [0.1, 0.15) is 48.3 Å². The smallest absolute Gasteiger partial charge is 0.328 e. The number of nitrogens with one attached hydrogen (secondary N) is 1. The first-order valence-corrected chi connectivity index (χ1v) is 11.9. The molecule has 1 aromatic heterocycles. The lowest BCUT2D eigenvalue weighted by Gasteiger charge is -2.26. The van der Waals surface area contributed by atoms with Crippen molar-refractivity contribution in [2.45, 2.75) is 38.8 Å². The maximum atomic E-state index is 13.5. The summed E-state index contributed by atoms with van der Waals surface area (Å²) in [7, 11) is 1.36. The summed E-state index contributed by atoms with van der Waals surface area (Å²) >= 11 is 0. The first kappa shape index (κ1) is 29.0. The van der Waals surface area contributed by atoms with Gasteiger partial charge in [-0.25, -0.2) is 18.6 Å². The molecule has 0 aliphatic rings. The van der Waals surface area contributed by atoms with E-state index in [1.165, 1.54) is 57.5 Å². The Bertz CT molecular complexity index is 1250. The number of ether oxygens (including phenoxy) is 4. The highest BCUT2D eigenvalue weighted by atomic mass is 19.1. The molecule has 2 atom stereocenters. The summed E-state index contributed by atoms with van der Waals surface area (Å²) < 4.78 is 48.1. The van der Waals surface area contributed by atoms with Crippen molar-refractivity contribution >= 4 is 17.8 Å². The van der Waals surface area contributed by atoms with Crippen LogP contribution >= 0.6 is 0 Å². The lowest BCUT2D eigenvalue weighted by atomic mass is 9.87. The van der Waals surface area contributed by atoms with Gasteiger partial charge >= 0.3 is 11.9 Å². The molecule has 0 radical (unpaired) electrons. The Balaban J connectivity index is 1.75. The van der Waals surface area contributed by atoms with Crippen LogP contribution in [0.2, 0.25) is 0 Å². The number of benzene rings is 2. The molecule has 1 N–H and O–H groups in total. The molecule has 0 spiro atoms. The van der Waals surface area contributed by atoms with Crippen LogP contribution in [0.4, 0.5) is 8.78 Å². The summed E-state index contributed by atoms with van der Waals surface area (Å²) in [6.07, 6.45) is 0.540. The van der Waals surface area contributed by atoms with E-state index in [2.05, 4.69) is 10.3 Å². The normalized spacial score (nSPS) is 12.3. The van der Waals surface area contributed by atoms with Crippen LogP contribution in [0.3, 0.4) is 0 Å². The van der Waals surface area contributed by atoms with E-state index in [-0.39, 0.29) is 17.2 Å². The van der Waals surface area contributed by atoms with E-state index in [9.17, 15) is 23.2 Å². The maximum absolute atomic E-state index is 13.5. The van der Waals surface area contributed by atoms with Gasteiger partial charge in [-0.3, -0.25) is 9.59 Å². The monoisotopic (exact) mass is 542 g/mol. The molecule has 2 aromatic carbocycles. The molecular weight excluding hydrogens is 514 g/mol. The second-order valence-electron chi connectivity index (χ2n) is 8.51. The summed E-state index contributed by atoms with van der Waals surface area (Å²) in [5, 5.41) is 2.51. The fraction of sp³-hybridized carbons (Fsp3) is 0.286. The predicted molar refractivity (Wildman–Crippen MR) is 135 cm³/mol. The van der Waals surface area contributed by atoms with Crippen molar-refractivity contribution in [2.24, 2.45) is 0 Å². The zero-order valence-electron chi connectivity index (χ0n) is 21.8. The first-order valence-electron chi connectivity index (χ1n) is 11.9. The SMILES string of the molecule is COc1ccnc(C(=O)NC(C)C(=O)O[C@@H](C)C(c2ccc(F)cc2)c2ccc(F)cc2)c1OCOC(C)=O. The van der Waals surface area contributed by atoms with Crippen LogP contribution < -0.4 is 14.8 Å². The molecule has 0 aliphatic carbocycles. The Kier molecular flexibility index (Phi) is 9.91. The van der Waals surface area contributed by atoms with Gasteiger partial charge in [0.1, 0.15) is 23.8 Å². The summed E-state index contributed by atoms with van der Waals surface area (Å²) in [6.45, 7) is 3.79. The molecule has 0 aliphatic heterocycles. The van der Waals surface area contributed by atoms with E-state index in [0.29, 0.717) is 11.1 Å². The highest BCUT2D eigenvalue weighted by Gasteiger charge is 2.29. The summed E-state index contributed by atoms with van der Waals surface area (Å²) in [6, 6.07) is 11.7. The molecule has 0 saturated carbocycles. The summed E-state index contributed by atoms with van der Waals surface area (Å²) in [4.78, 5) is 41.0. The highest BCUT2D eigenvalue weighted by Crippen LogP contribution is 2.31. The highest BCUT2D eigenvalue weighted by molar-refractivity contribution is 5.98. The number of aromatic nitrogens is 1. The van der Waals surface area contributed by atoms with Crippen LogP contribution in [0.5, 0.6) is 11.5 Å². The van der Waals surface area contributed by atoms with E-state index in [1.54, 1.807) is 31.2 Å². The van der Waals surface area contributed by atoms with Crippen molar-refractivity contribution in [2.75, 3.05) is 13.9 Å². The number of methoxy groups -OCH3 is 1. The molecule has 206 valence electrons. The third-order valence-electron chi connectivity index (χ3n) is 5.70. The van der Waals surface area contributed by atoms with E-state index in [1.807, 2.05) is 0 Å². The fourth-order valence-electron chi connectivity index (χ4n) is 3.82. The number of rotatable bonds is 11. The van der Waals surface area contributed by atoms with Crippen molar-refractivity contribution in [3.8, 4) is 11.5 Å². The zero-order valence-corrected chi connectivity index (χ0v) is 21.8. The summed E-state index contributed by atoms with van der Waals surface area (Å²) in [5.74, 6) is -3.44. The van der Waals surface area contributed by atoms with Gasteiger partial charge in [0.05, 0.1) is 7.11 Å². The average molecular weight is 543 g/mol. The van der Waals surface area contributed by atoms with Crippen molar-refractivity contribution in [1.29, 1.82) is 0 Å². The number of halogens is 2. The molecule has 3 rings (SSSR count). The molecule has 0 bridgehead atoms. The van der Waals surface area contributed by atoms with E-state index >= 15 is 0 Å². The lowest BCUT2D eigenvalue weighted by Crippen LogP contribution is -2.41. The third kappa shape index (κ3) is 7.73. The molecule has 1 heterocycles. The van der Waals surface area contributed by atoms with Gasteiger partial charge in [-0.1, -0.05) is 24.3 Å². The Morgan fingerprint density at radius 3 is 2.00 bits per heavy atom. The molecule has 1 unspecified atom stereocenters. The van der Waals surface area contributed by atoms with Crippen molar-refractivity contribution in [3.05, 3.63) is 89.2 Å². The third-order valence-corrected chi connectivity index (χ3v) is 5.70. The number of esters is 2. The summed E-state index contributed by atoms with van der Waals surface area (Å²) in [5.41, 5.74) is 1.09. The Hall–Kier alpha value is -4.54. The predicted octanol–water partition coefficient (Wildman–Crippen LogP) is 4.15. The van der Waals surface area contributed by atoms with Gasteiger partial charge < -0.3 is 24.3 Å². The first-order chi connectivity index (χ1) is 18.6. The van der Waals surface area contributed by atoms with Gasteiger partial charge in [0.25, 0.3) is 5.91 Å². The van der Waals surface area contributed by atoms with Gasteiger partial charge in [0.2, 0.25) is 6.79 Å².